The molecule has 0 aliphatic carbocycles. The van der Waals surface area contributed by atoms with E-state index in [0.717, 1.165) is 12.1 Å². The summed E-state index contributed by atoms with van der Waals surface area (Å²) in [5.74, 6) is 0. The number of halogens is 13. The highest BCUT2D eigenvalue weighted by atomic mass is 35.5. The van der Waals surface area contributed by atoms with E-state index in [1.165, 1.54) is 19.1 Å². The second kappa shape index (κ2) is 7.06. The van der Waals surface area contributed by atoms with Crippen LogP contribution in [-0.2, 0) is 24.7 Å². The van der Waals surface area contributed by atoms with Crippen molar-refractivity contribution in [3.8, 4) is 0 Å². The van der Waals surface area contributed by atoms with Gasteiger partial charge in [0.1, 0.15) is 10.8 Å². The predicted molar refractivity (Wildman–Crippen MR) is 71.5 cm³/mol. The molecule has 0 nitrogen and oxygen atoms in total. The molecule has 0 aliphatic rings. The summed E-state index contributed by atoms with van der Waals surface area (Å²) in [7, 11) is 0.169. The van der Waals surface area contributed by atoms with Gasteiger partial charge in [-0.15, -0.1) is 0 Å². The maximum atomic E-state index is 13.3. The topological polar surface area (TPSA) is 0 Å². The molecule has 13 heteroatoms. The minimum absolute atomic E-state index is 0.169. The number of alkyl halides is 12. The smallest absolute Gasteiger partial charge is 0.180 e. The van der Waals surface area contributed by atoms with Gasteiger partial charge >= 0.3 is 24.7 Å². The van der Waals surface area contributed by atoms with Gasteiger partial charge in [0.15, 0.2) is 5.02 Å². The minimum atomic E-state index is -6.35. The molecule has 0 spiro atoms. The Balaban J connectivity index is 3.03. The molecule has 2 rings (SSSR count). The van der Waals surface area contributed by atoms with Gasteiger partial charge in [-0.1, -0.05) is 28.8 Å². The molecule has 0 radical (unpaired) electrons. The second-order valence-corrected chi connectivity index (χ2v) is 6.70. The lowest BCUT2D eigenvalue weighted by atomic mass is 10.1. The summed E-state index contributed by atoms with van der Waals surface area (Å²) in [5.41, 5.74) is -12.4. The Hall–Kier alpha value is -1.98. The number of hydrogen-bond acceptors (Lipinski definition) is 0. The Morgan fingerprint density at radius 1 is 0.586 bits per heavy atom. The molecule has 0 bridgehead atoms. The van der Waals surface area contributed by atoms with Crippen molar-refractivity contribution in [2.24, 2.45) is 0 Å². The fourth-order valence-electron chi connectivity index (χ4n) is 2.49. The fourth-order valence-corrected chi connectivity index (χ4v) is 3.56. The second-order valence-electron chi connectivity index (χ2n) is 5.70. The third kappa shape index (κ3) is 4.78. The highest BCUT2D eigenvalue weighted by Gasteiger charge is 2.54. The van der Waals surface area contributed by atoms with Crippen LogP contribution in [0.15, 0.2) is 24.3 Å². The lowest BCUT2D eigenvalue weighted by molar-refractivity contribution is -0.539. The molecule has 0 unspecified atom stereocenters. The van der Waals surface area contributed by atoms with Gasteiger partial charge in [0.05, 0.1) is 0 Å². The number of hydrogen-bond donors (Lipinski definition) is 0. The summed E-state index contributed by atoms with van der Waals surface area (Å²) >= 11 is 0. The van der Waals surface area contributed by atoms with Crippen LogP contribution in [-0.4, -0.2) is 0 Å². The number of benzene rings is 1. The molecule has 0 amide bonds. The van der Waals surface area contributed by atoms with Gasteiger partial charge in [-0.05, 0) is 6.92 Å². The van der Waals surface area contributed by atoms with E-state index in [0.29, 0.717) is 5.56 Å². The average Bonchev–Trinajstić information content (AvgIpc) is 2.85. The molecule has 2 aromatic rings. The highest BCUT2D eigenvalue weighted by Crippen LogP contribution is 2.56. The van der Waals surface area contributed by atoms with Crippen LogP contribution < -0.4 is 0 Å². The summed E-state index contributed by atoms with van der Waals surface area (Å²) in [5, 5.41) is -2.72. The van der Waals surface area contributed by atoms with E-state index in [2.05, 4.69) is 0 Å². The third-order valence-electron chi connectivity index (χ3n) is 3.54. The quantitative estimate of drug-likeness (QED) is 0.322. The first-order valence-electron chi connectivity index (χ1n) is 7.22. The molecule has 0 fully saturated rings. The molecular formula is C16H7ClF12. The summed E-state index contributed by atoms with van der Waals surface area (Å²) in [6, 6.07) is 4.33. The van der Waals surface area contributed by atoms with Crippen LogP contribution in [0.1, 0.15) is 27.8 Å². The average molecular weight is 463 g/mol. The maximum Gasteiger partial charge on any atom is 0.399 e. The highest BCUT2D eigenvalue weighted by molar-refractivity contribution is 5.56. The summed E-state index contributed by atoms with van der Waals surface area (Å²) < 4.78 is 159. The van der Waals surface area contributed by atoms with Crippen molar-refractivity contribution >= 4 is 0 Å². The Morgan fingerprint density at radius 3 is 1.21 bits per heavy atom. The van der Waals surface area contributed by atoms with Crippen molar-refractivity contribution in [1.82, 2.24) is 0 Å². The zero-order valence-electron chi connectivity index (χ0n) is 13.7. The van der Waals surface area contributed by atoms with Gasteiger partial charge in [-0.25, -0.2) is 0 Å². The summed E-state index contributed by atoms with van der Waals surface area (Å²) in [6.07, 6.45) is -25.0. The molecule has 2 aromatic carbocycles. The van der Waals surface area contributed by atoms with Gasteiger partial charge in [-0.2, -0.15) is 52.7 Å². The van der Waals surface area contributed by atoms with Crippen molar-refractivity contribution in [1.29, 1.82) is 0 Å². The van der Waals surface area contributed by atoms with Gasteiger partial charge in [0.25, 0.3) is 0 Å². The van der Waals surface area contributed by atoms with Crippen molar-refractivity contribution in [2.75, 3.05) is 0 Å². The van der Waals surface area contributed by atoms with Gasteiger partial charge in [0.2, 0.25) is 5.02 Å². The van der Waals surface area contributed by atoms with E-state index >= 15 is 0 Å². The molecule has 0 atom stereocenters. The van der Waals surface area contributed by atoms with E-state index in [9.17, 15) is 52.7 Å². The SMILES string of the molecule is Cc1ccc([Cl+][c-]2c(C(F)(F)F)c(C(F)(F)F)c(C(F)(F)F)c2C(F)(F)F)cc1. The monoisotopic (exact) mass is 462 g/mol. The molecule has 0 N–H and O–H groups in total. The van der Waals surface area contributed by atoms with Crippen LogP contribution in [0.2, 0.25) is 10.0 Å². The van der Waals surface area contributed by atoms with Crippen LogP contribution in [0.25, 0.3) is 0 Å². The lowest BCUT2D eigenvalue weighted by Crippen LogP contribution is -2.21. The van der Waals surface area contributed by atoms with Crippen molar-refractivity contribution in [3.63, 3.8) is 0 Å². The van der Waals surface area contributed by atoms with E-state index in [4.69, 9.17) is 0 Å². The standard InChI is InChI=1S/C16H7ClF12/c1-6-2-4-7(5-3-6)17-12-10(15(24,25)26)8(13(18,19)20)9(14(21,22)23)11(12)16(27,28)29/h2-5H,1H3. The summed E-state index contributed by atoms with van der Waals surface area (Å²) in [6.45, 7) is 1.50. The largest absolute Gasteiger partial charge is 0.399 e. The van der Waals surface area contributed by atoms with Crippen molar-refractivity contribution < 1.29 is 63.5 Å². The Kier molecular flexibility index (Phi) is 5.68. The molecular weight excluding hydrogens is 456 g/mol. The van der Waals surface area contributed by atoms with E-state index in [-0.39, 0.29) is 10.8 Å². The zero-order chi connectivity index (χ0) is 22.6. The van der Waals surface area contributed by atoms with E-state index in [1.54, 1.807) is 0 Å². The first kappa shape index (κ1) is 23.3. The number of rotatable bonds is 2. The van der Waals surface area contributed by atoms with Crippen LogP contribution in [0.5, 0.6) is 0 Å². The molecule has 29 heavy (non-hydrogen) atoms. The zero-order valence-corrected chi connectivity index (χ0v) is 14.5. The molecule has 0 saturated heterocycles. The Bertz CT molecular complexity index is 826. The molecule has 0 aromatic heterocycles. The maximum absolute atomic E-state index is 13.3. The van der Waals surface area contributed by atoms with Crippen LogP contribution in [0, 0.1) is 17.7 Å². The lowest BCUT2D eigenvalue weighted by Gasteiger charge is -2.23. The first-order valence-corrected chi connectivity index (χ1v) is 7.97. The number of aryl methyl sites for hydroxylation is 1. The molecule has 0 heterocycles. The van der Waals surface area contributed by atoms with Gasteiger partial charge in [0, 0.05) is 23.3 Å². The van der Waals surface area contributed by atoms with E-state index in [1.807, 2.05) is 0 Å². The first-order chi connectivity index (χ1) is 12.8. The molecule has 162 valence electrons. The van der Waals surface area contributed by atoms with Crippen LogP contribution in [0.3, 0.4) is 0 Å². The normalized spacial score (nSPS) is 13.8. The van der Waals surface area contributed by atoms with Gasteiger partial charge < -0.3 is 0 Å². The van der Waals surface area contributed by atoms with Crippen molar-refractivity contribution in [2.45, 2.75) is 31.6 Å². The van der Waals surface area contributed by atoms with Crippen LogP contribution >= 0.6 is 0 Å². The predicted octanol–water partition coefficient (Wildman–Crippen LogP) is 7.40. The van der Waals surface area contributed by atoms with E-state index < -0.39 is 57.0 Å². The fraction of sp³-hybridized carbons (Fsp3) is 0.312. The minimum Gasteiger partial charge on any atom is -0.180 e. The Morgan fingerprint density at radius 2 is 0.931 bits per heavy atom. The Labute approximate surface area is 158 Å². The van der Waals surface area contributed by atoms with Crippen molar-refractivity contribution in [3.05, 3.63) is 62.1 Å². The van der Waals surface area contributed by atoms with Crippen LogP contribution in [0.4, 0.5) is 52.7 Å². The molecule has 0 aliphatic heterocycles. The molecule has 0 saturated carbocycles. The van der Waals surface area contributed by atoms with Gasteiger partial charge in [-0.3, -0.25) is 0 Å². The third-order valence-corrected chi connectivity index (χ3v) is 4.57. The summed E-state index contributed by atoms with van der Waals surface area (Å²) in [4.78, 5) is 0.